The number of rotatable bonds is 3. The fourth-order valence-electron chi connectivity index (χ4n) is 9.84. The van der Waals surface area contributed by atoms with Crippen molar-refractivity contribution >= 4 is 54.5 Å². The van der Waals surface area contributed by atoms with Crippen LogP contribution in [0.1, 0.15) is 45.1 Å². The van der Waals surface area contributed by atoms with E-state index in [2.05, 4.69) is 170 Å². The molecule has 8 aromatic rings. The van der Waals surface area contributed by atoms with Gasteiger partial charge in [-0.3, -0.25) is 0 Å². The maximum absolute atomic E-state index is 2.73. The summed E-state index contributed by atoms with van der Waals surface area (Å²) in [6.45, 7) is 5.09. The molecule has 1 heteroatoms. The van der Waals surface area contributed by atoms with Gasteiger partial charge < -0.3 is 4.90 Å². The molecule has 0 radical (unpaired) electrons. The summed E-state index contributed by atoms with van der Waals surface area (Å²) in [4.78, 5) is 2.73. The number of fused-ring (bicyclic) bond motifs is 7. The molecule has 0 aromatic heterocycles. The van der Waals surface area contributed by atoms with Crippen LogP contribution in [-0.4, -0.2) is 5.54 Å². The van der Waals surface area contributed by atoms with Crippen LogP contribution in [-0.2, 0) is 5.41 Å². The summed E-state index contributed by atoms with van der Waals surface area (Å²) in [5.74, 6) is 0. The van der Waals surface area contributed by atoms with Crippen LogP contribution in [0.4, 0.5) is 11.4 Å². The molecule has 2 atom stereocenters. The maximum atomic E-state index is 2.73. The summed E-state index contributed by atoms with van der Waals surface area (Å²) in [6.07, 6.45) is 4.91. The first-order valence-electron chi connectivity index (χ1n) is 17.9. The van der Waals surface area contributed by atoms with Crippen LogP contribution in [0.25, 0.3) is 65.3 Å². The van der Waals surface area contributed by atoms with Gasteiger partial charge in [-0.15, -0.1) is 0 Å². The summed E-state index contributed by atoms with van der Waals surface area (Å²) >= 11 is 0. The Kier molecular flexibility index (Phi) is 6.16. The second-order valence-corrected chi connectivity index (χ2v) is 14.7. The second-order valence-electron chi connectivity index (χ2n) is 14.7. The predicted octanol–water partition coefficient (Wildman–Crippen LogP) is 13.4. The van der Waals surface area contributed by atoms with Gasteiger partial charge in [0.2, 0.25) is 0 Å². The van der Waals surface area contributed by atoms with Gasteiger partial charge in [0.25, 0.3) is 0 Å². The monoisotopic (exact) mass is 629 g/mol. The van der Waals surface area contributed by atoms with Crippen molar-refractivity contribution < 1.29 is 0 Å². The lowest BCUT2D eigenvalue weighted by Crippen LogP contribution is -2.54. The highest BCUT2D eigenvalue weighted by atomic mass is 15.3. The van der Waals surface area contributed by atoms with Crippen LogP contribution in [0.5, 0.6) is 0 Å². The van der Waals surface area contributed by atoms with E-state index in [-0.39, 0.29) is 11.0 Å². The minimum atomic E-state index is -0.0152. The smallest absolute Gasteiger partial charge is 0.0518 e. The van der Waals surface area contributed by atoms with Crippen molar-refractivity contribution in [3.63, 3.8) is 0 Å². The van der Waals surface area contributed by atoms with E-state index in [9.17, 15) is 0 Å². The third-order valence-electron chi connectivity index (χ3n) is 12.4. The maximum Gasteiger partial charge on any atom is 0.0518 e. The van der Waals surface area contributed by atoms with Crippen LogP contribution in [0.2, 0.25) is 0 Å². The molecule has 1 aliphatic heterocycles. The van der Waals surface area contributed by atoms with Crippen LogP contribution in [0.3, 0.4) is 0 Å². The quantitative estimate of drug-likeness (QED) is 0.176. The molecule has 10 rings (SSSR count). The molecule has 0 N–H and O–H groups in total. The minimum Gasteiger partial charge on any atom is -0.334 e. The number of anilines is 2. The van der Waals surface area contributed by atoms with Crippen molar-refractivity contribution in [2.45, 2.75) is 50.5 Å². The Labute approximate surface area is 288 Å². The molecule has 49 heavy (non-hydrogen) atoms. The molecule has 0 amide bonds. The van der Waals surface area contributed by atoms with Crippen molar-refractivity contribution in [2.24, 2.45) is 0 Å². The Morgan fingerprint density at radius 3 is 1.67 bits per heavy atom. The molecule has 1 saturated carbocycles. The summed E-state index contributed by atoms with van der Waals surface area (Å²) in [6, 6.07) is 56.9. The highest BCUT2D eigenvalue weighted by molar-refractivity contribution is 6.23. The first kappa shape index (κ1) is 28.6. The molecule has 1 heterocycles. The second kappa shape index (κ2) is 10.5. The van der Waals surface area contributed by atoms with Crippen molar-refractivity contribution in [3.05, 3.63) is 157 Å². The zero-order chi connectivity index (χ0) is 32.7. The standard InChI is InChI=1S/C48H39N/c1-47-29-11-12-30-48(47,2)49(43-26-14-18-33-16-4-6-20-36(33)43)44-28-27-34(31-42(44)47)45-38-21-7-9-23-40(38)46(41-24-10-8-22-39(41)45)37-25-13-17-32-15-3-5-19-35(32)37/h3-10,13-28,31H,11-12,29-30H2,1-2H3. The molecule has 0 bridgehead atoms. The van der Waals surface area contributed by atoms with Gasteiger partial charge >= 0.3 is 0 Å². The third kappa shape index (κ3) is 3.93. The van der Waals surface area contributed by atoms with Gasteiger partial charge in [-0.1, -0.05) is 153 Å². The molecule has 236 valence electrons. The van der Waals surface area contributed by atoms with Gasteiger partial charge in [0, 0.05) is 22.2 Å². The summed E-state index contributed by atoms with van der Waals surface area (Å²) in [7, 11) is 0. The van der Waals surface area contributed by atoms with Crippen molar-refractivity contribution in [1.29, 1.82) is 0 Å². The van der Waals surface area contributed by atoms with Gasteiger partial charge in [0.1, 0.15) is 0 Å². The van der Waals surface area contributed by atoms with Crippen LogP contribution >= 0.6 is 0 Å². The fraction of sp³-hybridized carbons (Fsp3) is 0.167. The Morgan fingerprint density at radius 2 is 0.980 bits per heavy atom. The SMILES string of the molecule is CC12CCCCC1(C)N(c1cccc3ccccc13)c1ccc(-c3c4ccccc4c(-c4cccc5ccccc45)c4ccccc34)cc12. The van der Waals surface area contributed by atoms with Gasteiger partial charge in [0.15, 0.2) is 0 Å². The lowest BCUT2D eigenvalue weighted by Gasteiger charge is -2.50. The fourth-order valence-corrected chi connectivity index (χ4v) is 9.84. The normalized spacial score (nSPS) is 20.2. The van der Waals surface area contributed by atoms with Crippen molar-refractivity contribution in [3.8, 4) is 22.3 Å². The first-order chi connectivity index (χ1) is 24.1. The summed E-state index contributed by atoms with van der Waals surface area (Å²) < 4.78 is 0. The summed E-state index contributed by atoms with van der Waals surface area (Å²) in [5, 5.41) is 10.4. The van der Waals surface area contributed by atoms with Crippen molar-refractivity contribution in [1.82, 2.24) is 0 Å². The Morgan fingerprint density at radius 1 is 0.449 bits per heavy atom. The van der Waals surface area contributed by atoms with E-state index in [1.165, 1.54) is 108 Å². The lowest BCUT2D eigenvalue weighted by atomic mass is 9.61. The van der Waals surface area contributed by atoms with E-state index < -0.39 is 0 Å². The predicted molar refractivity (Wildman–Crippen MR) is 210 cm³/mol. The van der Waals surface area contributed by atoms with E-state index in [0.29, 0.717) is 0 Å². The molecule has 0 saturated heterocycles. The molecule has 2 aliphatic rings. The topological polar surface area (TPSA) is 3.24 Å². The van der Waals surface area contributed by atoms with E-state index in [0.717, 1.165) is 0 Å². The number of hydrogen-bond donors (Lipinski definition) is 0. The zero-order valence-electron chi connectivity index (χ0n) is 28.2. The van der Waals surface area contributed by atoms with Gasteiger partial charge in [-0.05, 0) is 103 Å². The number of hydrogen-bond acceptors (Lipinski definition) is 1. The van der Waals surface area contributed by atoms with Gasteiger partial charge in [-0.25, -0.2) is 0 Å². The Hall–Kier alpha value is -5.40. The first-order valence-corrected chi connectivity index (χ1v) is 17.9. The van der Waals surface area contributed by atoms with Gasteiger partial charge in [-0.2, -0.15) is 0 Å². The molecular weight excluding hydrogens is 591 g/mol. The van der Waals surface area contributed by atoms with Crippen LogP contribution in [0, 0.1) is 0 Å². The Balaban J connectivity index is 1.25. The molecule has 1 aliphatic carbocycles. The highest BCUT2D eigenvalue weighted by Gasteiger charge is 2.57. The molecular formula is C48H39N. The van der Waals surface area contributed by atoms with Gasteiger partial charge in [0.05, 0.1) is 5.54 Å². The average molecular weight is 630 g/mol. The van der Waals surface area contributed by atoms with Crippen LogP contribution < -0.4 is 4.90 Å². The molecule has 2 unspecified atom stereocenters. The Bertz CT molecular complexity index is 2540. The van der Waals surface area contributed by atoms with E-state index in [4.69, 9.17) is 0 Å². The number of benzene rings is 8. The zero-order valence-corrected chi connectivity index (χ0v) is 28.2. The van der Waals surface area contributed by atoms with E-state index in [1.807, 2.05) is 0 Å². The van der Waals surface area contributed by atoms with E-state index >= 15 is 0 Å². The highest BCUT2D eigenvalue weighted by Crippen LogP contribution is 2.62. The molecule has 8 aromatic carbocycles. The van der Waals surface area contributed by atoms with Crippen molar-refractivity contribution in [2.75, 3.05) is 4.90 Å². The van der Waals surface area contributed by atoms with E-state index in [1.54, 1.807) is 0 Å². The largest absolute Gasteiger partial charge is 0.334 e. The molecule has 0 spiro atoms. The molecule has 1 fully saturated rings. The van der Waals surface area contributed by atoms with Crippen LogP contribution in [0.15, 0.2) is 152 Å². The third-order valence-corrected chi connectivity index (χ3v) is 12.4. The lowest BCUT2D eigenvalue weighted by molar-refractivity contribution is 0.195. The minimum absolute atomic E-state index is 0.0152. The molecule has 1 nitrogen and oxygen atoms in total. The average Bonchev–Trinajstić information content (AvgIpc) is 3.36. The number of nitrogens with zero attached hydrogens (tertiary/aromatic N) is 1. The summed E-state index contributed by atoms with van der Waals surface area (Å²) in [5.41, 5.74) is 9.46.